The minimum atomic E-state index is -0.922. The van der Waals surface area contributed by atoms with Crippen LogP contribution in [0.25, 0.3) is 0 Å². The van der Waals surface area contributed by atoms with Gasteiger partial charge in [0.25, 0.3) is 0 Å². The lowest BCUT2D eigenvalue weighted by Gasteiger charge is -2.62. The van der Waals surface area contributed by atoms with Gasteiger partial charge in [-0.25, -0.2) is 0 Å². The first kappa shape index (κ1) is 14.8. The largest absolute Gasteiger partial charge is 0.481 e. The standard InChI is InChI=1S/C15H24N2O4/c1-14(2)11-10(5-7-21-11)15(14,16)13(20)17-6-3-4-9(8-17)12(18)19/h9-11H,3-8,16H2,1-2H3,(H,18,19)/t9-,10?,11?,15?/m0/s1. The average molecular weight is 296 g/mol. The highest BCUT2D eigenvalue weighted by atomic mass is 16.5. The molecule has 21 heavy (non-hydrogen) atoms. The fourth-order valence-electron chi connectivity index (χ4n) is 4.44. The number of carboxylic acids is 1. The number of nitrogens with zero attached hydrogens (tertiary/aromatic N) is 1. The molecule has 0 aromatic rings. The van der Waals surface area contributed by atoms with E-state index in [0.29, 0.717) is 19.6 Å². The Balaban J connectivity index is 1.80. The molecule has 0 bridgehead atoms. The lowest BCUT2D eigenvalue weighted by atomic mass is 9.47. The van der Waals surface area contributed by atoms with E-state index in [1.807, 2.05) is 13.8 Å². The molecule has 2 aliphatic heterocycles. The average Bonchev–Trinajstić information content (AvgIpc) is 2.94. The minimum absolute atomic E-state index is 0.0477. The molecular weight excluding hydrogens is 272 g/mol. The maximum Gasteiger partial charge on any atom is 0.308 e. The highest BCUT2D eigenvalue weighted by Gasteiger charge is 2.72. The predicted molar refractivity (Wildman–Crippen MR) is 75.5 cm³/mol. The molecule has 3 aliphatic rings. The van der Waals surface area contributed by atoms with Gasteiger partial charge < -0.3 is 20.5 Å². The number of nitrogens with two attached hydrogens (primary N) is 1. The van der Waals surface area contributed by atoms with Crippen molar-refractivity contribution in [3.05, 3.63) is 0 Å². The Morgan fingerprint density at radius 1 is 1.33 bits per heavy atom. The molecule has 3 rings (SSSR count). The Morgan fingerprint density at radius 3 is 2.71 bits per heavy atom. The maximum atomic E-state index is 13.0. The van der Waals surface area contributed by atoms with Crippen LogP contribution in [0, 0.1) is 17.3 Å². The molecule has 118 valence electrons. The van der Waals surface area contributed by atoms with E-state index in [9.17, 15) is 14.7 Å². The molecule has 0 aromatic carbocycles. The molecule has 6 nitrogen and oxygen atoms in total. The highest BCUT2D eigenvalue weighted by Crippen LogP contribution is 2.58. The van der Waals surface area contributed by atoms with E-state index in [0.717, 1.165) is 12.8 Å². The van der Waals surface area contributed by atoms with Gasteiger partial charge in [-0.1, -0.05) is 13.8 Å². The van der Waals surface area contributed by atoms with Crippen molar-refractivity contribution in [1.82, 2.24) is 4.90 Å². The van der Waals surface area contributed by atoms with E-state index in [-0.39, 0.29) is 24.5 Å². The number of likely N-dealkylation sites (tertiary alicyclic amines) is 1. The second-order valence-electron chi connectivity index (χ2n) is 7.21. The summed E-state index contributed by atoms with van der Waals surface area (Å²) in [6, 6.07) is 0. The summed E-state index contributed by atoms with van der Waals surface area (Å²) in [5.41, 5.74) is 5.22. The number of aliphatic carboxylic acids is 1. The lowest BCUT2D eigenvalue weighted by molar-refractivity contribution is -0.186. The van der Waals surface area contributed by atoms with Crippen molar-refractivity contribution in [2.45, 2.75) is 44.8 Å². The highest BCUT2D eigenvalue weighted by molar-refractivity contribution is 5.90. The Labute approximate surface area is 124 Å². The smallest absolute Gasteiger partial charge is 0.308 e. The normalized spacial score (nSPS) is 41.3. The van der Waals surface area contributed by atoms with Gasteiger partial charge in [0.2, 0.25) is 5.91 Å². The lowest BCUT2D eigenvalue weighted by Crippen LogP contribution is -2.80. The quantitative estimate of drug-likeness (QED) is 0.772. The molecule has 1 amide bonds. The van der Waals surface area contributed by atoms with Crippen LogP contribution in [0.4, 0.5) is 0 Å². The zero-order chi connectivity index (χ0) is 15.4. The molecule has 3 unspecified atom stereocenters. The summed E-state index contributed by atoms with van der Waals surface area (Å²) in [6.07, 6.45) is 2.22. The summed E-state index contributed by atoms with van der Waals surface area (Å²) in [6.45, 7) is 5.51. The van der Waals surface area contributed by atoms with Gasteiger partial charge in [0, 0.05) is 31.0 Å². The third kappa shape index (κ3) is 1.85. The number of ether oxygens (including phenoxy) is 1. The van der Waals surface area contributed by atoms with Crippen molar-refractivity contribution in [3.8, 4) is 0 Å². The van der Waals surface area contributed by atoms with Crippen LogP contribution in [0.1, 0.15) is 33.1 Å². The van der Waals surface area contributed by atoms with Crippen LogP contribution in [0.3, 0.4) is 0 Å². The van der Waals surface area contributed by atoms with E-state index < -0.39 is 22.8 Å². The van der Waals surface area contributed by atoms with Gasteiger partial charge in [0.1, 0.15) is 5.54 Å². The Morgan fingerprint density at radius 2 is 2.05 bits per heavy atom. The van der Waals surface area contributed by atoms with Gasteiger partial charge in [0.05, 0.1) is 12.0 Å². The summed E-state index contributed by atoms with van der Waals surface area (Å²) in [5, 5.41) is 9.18. The molecule has 0 aromatic heterocycles. The molecule has 0 radical (unpaired) electrons. The number of carbonyl (C=O) groups excluding carboxylic acids is 1. The van der Waals surface area contributed by atoms with Crippen LogP contribution in [-0.4, -0.2) is 53.2 Å². The van der Waals surface area contributed by atoms with Crippen LogP contribution >= 0.6 is 0 Å². The number of fused-ring (bicyclic) bond motifs is 1. The van der Waals surface area contributed by atoms with Crippen molar-refractivity contribution in [2.24, 2.45) is 23.0 Å². The van der Waals surface area contributed by atoms with Crippen molar-refractivity contribution in [2.75, 3.05) is 19.7 Å². The molecule has 0 spiro atoms. The summed E-state index contributed by atoms with van der Waals surface area (Å²) in [4.78, 5) is 25.8. The Bertz CT molecular complexity index is 478. The van der Waals surface area contributed by atoms with Crippen LogP contribution < -0.4 is 5.73 Å². The van der Waals surface area contributed by atoms with E-state index in [1.54, 1.807) is 4.90 Å². The van der Waals surface area contributed by atoms with Crippen LogP contribution in [0.2, 0.25) is 0 Å². The van der Waals surface area contributed by atoms with E-state index in [2.05, 4.69) is 0 Å². The number of carboxylic acid groups (broad SMARTS) is 1. The van der Waals surface area contributed by atoms with Crippen LogP contribution in [-0.2, 0) is 14.3 Å². The monoisotopic (exact) mass is 296 g/mol. The van der Waals surface area contributed by atoms with E-state index in [1.165, 1.54) is 0 Å². The first-order valence-electron chi connectivity index (χ1n) is 7.73. The van der Waals surface area contributed by atoms with Gasteiger partial charge in [0.15, 0.2) is 0 Å². The maximum absolute atomic E-state index is 13.0. The van der Waals surface area contributed by atoms with E-state index in [4.69, 9.17) is 10.5 Å². The van der Waals surface area contributed by atoms with Gasteiger partial charge in [-0.3, -0.25) is 9.59 Å². The summed E-state index contributed by atoms with van der Waals surface area (Å²) < 4.78 is 5.71. The van der Waals surface area contributed by atoms with Crippen LogP contribution in [0.5, 0.6) is 0 Å². The summed E-state index contributed by atoms with van der Waals surface area (Å²) in [7, 11) is 0. The Kier molecular flexibility index (Phi) is 3.29. The molecule has 1 aliphatic carbocycles. The summed E-state index contributed by atoms with van der Waals surface area (Å²) >= 11 is 0. The third-order valence-corrected chi connectivity index (χ3v) is 5.87. The van der Waals surface area contributed by atoms with Crippen molar-refractivity contribution in [3.63, 3.8) is 0 Å². The number of rotatable bonds is 2. The van der Waals surface area contributed by atoms with Gasteiger partial charge in [-0.2, -0.15) is 0 Å². The third-order valence-electron chi connectivity index (χ3n) is 5.87. The number of amides is 1. The van der Waals surface area contributed by atoms with Crippen molar-refractivity contribution >= 4 is 11.9 Å². The fourth-order valence-corrected chi connectivity index (χ4v) is 4.44. The molecule has 2 saturated heterocycles. The second-order valence-corrected chi connectivity index (χ2v) is 7.21. The number of hydrogen-bond donors (Lipinski definition) is 2. The molecule has 1 saturated carbocycles. The second kappa shape index (κ2) is 4.68. The molecule has 2 heterocycles. The van der Waals surface area contributed by atoms with E-state index >= 15 is 0 Å². The van der Waals surface area contributed by atoms with Gasteiger partial charge in [-0.15, -0.1) is 0 Å². The number of piperidine rings is 1. The molecule has 3 fully saturated rings. The zero-order valence-corrected chi connectivity index (χ0v) is 12.7. The first-order chi connectivity index (χ1) is 9.80. The predicted octanol–water partition coefficient (Wildman–Crippen LogP) is 0.452. The van der Waals surface area contributed by atoms with Crippen molar-refractivity contribution in [1.29, 1.82) is 0 Å². The van der Waals surface area contributed by atoms with Gasteiger partial charge in [-0.05, 0) is 19.3 Å². The van der Waals surface area contributed by atoms with Gasteiger partial charge >= 0.3 is 5.97 Å². The molecule has 4 atom stereocenters. The molecule has 6 heteroatoms. The first-order valence-corrected chi connectivity index (χ1v) is 7.73. The van der Waals surface area contributed by atoms with Crippen LogP contribution in [0.15, 0.2) is 0 Å². The molecule has 3 N–H and O–H groups in total. The number of carbonyl (C=O) groups is 2. The SMILES string of the molecule is CC1(C)C2OCCC2C1(N)C(=O)N1CCC[C@H](C(=O)O)C1. The fraction of sp³-hybridized carbons (Fsp3) is 0.867. The summed E-state index contributed by atoms with van der Waals surface area (Å²) in [5.74, 6) is -1.32. The number of hydrogen-bond acceptors (Lipinski definition) is 4. The topological polar surface area (TPSA) is 92.9 Å². The minimum Gasteiger partial charge on any atom is -0.481 e. The Hall–Kier alpha value is -1.14. The molecular formula is C15H24N2O4. The zero-order valence-electron chi connectivity index (χ0n) is 12.7. The van der Waals surface area contributed by atoms with Crippen molar-refractivity contribution < 1.29 is 19.4 Å².